The minimum Gasteiger partial charge on any atom is -0.234 e. The van der Waals surface area contributed by atoms with Gasteiger partial charge in [-0.2, -0.15) is 17.6 Å². The zero-order valence-corrected chi connectivity index (χ0v) is 11.4. The normalized spacial score (nSPS) is 14.9. The molecule has 0 aromatic heterocycles. The maximum atomic E-state index is 13.2. The number of hydrogen-bond acceptors (Lipinski definition) is 1. The molecule has 19 heavy (non-hydrogen) atoms. The Hall–Kier alpha value is -1.24. The van der Waals surface area contributed by atoms with Crippen LogP contribution in [-0.2, 0) is 17.2 Å². The van der Waals surface area contributed by atoms with Crippen LogP contribution in [0, 0.1) is 5.82 Å². The molecule has 0 saturated carbocycles. The van der Waals surface area contributed by atoms with E-state index in [0.29, 0.717) is 12.1 Å². The van der Waals surface area contributed by atoms with Gasteiger partial charge in [-0.3, -0.25) is 0 Å². The van der Waals surface area contributed by atoms with Crippen LogP contribution in [0.1, 0.15) is 31.9 Å². The van der Waals surface area contributed by atoms with E-state index in [4.69, 9.17) is 0 Å². The first-order valence-corrected chi connectivity index (χ1v) is 6.45. The van der Waals surface area contributed by atoms with E-state index in [1.54, 1.807) is 20.8 Å². The Balaban J connectivity index is 2.98. The van der Waals surface area contributed by atoms with Gasteiger partial charge in [0.2, 0.25) is 0 Å². The summed E-state index contributed by atoms with van der Waals surface area (Å²) >= 11 is 0. The van der Waals surface area contributed by atoms with Crippen molar-refractivity contribution in [1.82, 2.24) is 0 Å². The van der Waals surface area contributed by atoms with Gasteiger partial charge in [-0.1, -0.05) is 6.07 Å². The second-order valence-corrected chi connectivity index (χ2v) is 6.77. The smallest absolute Gasteiger partial charge is 0.234 e. The van der Waals surface area contributed by atoms with Gasteiger partial charge in [0.15, 0.2) is 0 Å². The molecular formula is C12H13F4NOS. The first-order chi connectivity index (χ1) is 8.51. The van der Waals surface area contributed by atoms with E-state index in [0.717, 1.165) is 12.3 Å². The van der Waals surface area contributed by atoms with Gasteiger partial charge < -0.3 is 0 Å². The molecule has 0 heterocycles. The summed E-state index contributed by atoms with van der Waals surface area (Å²) in [5.41, 5.74) is -1.20. The molecule has 0 N–H and O–H groups in total. The Kier molecular flexibility index (Phi) is 4.50. The van der Waals surface area contributed by atoms with Crippen molar-refractivity contribution in [1.29, 1.82) is 0 Å². The first-order valence-electron chi connectivity index (χ1n) is 5.34. The lowest BCUT2D eigenvalue weighted by Gasteiger charge is -2.12. The van der Waals surface area contributed by atoms with E-state index in [9.17, 15) is 21.8 Å². The summed E-state index contributed by atoms with van der Waals surface area (Å²) in [5.74, 6) is -1.38. The average Bonchev–Trinajstić information content (AvgIpc) is 2.22. The maximum Gasteiger partial charge on any atom is 0.419 e. The van der Waals surface area contributed by atoms with Crippen molar-refractivity contribution >= 4 is 17.2 Å². The maximum absolute atomic E-state index is 13.2. The fourth-order valence-electron chi connectivity index (χ4n) is 1.11. The van der Waals surface area contributed by atoms with Gasteiger partial charge in [0.25, 0.3) is 0 Å². The number of rotatable bonds is 2. The van der Waals surface area contributed by atoms with Gasteiger partial charge in [0.05, 0.1) is 10.3 Å². The van der Waals surface area contributed by atoms with Crippen LogP contribution in [0.25, 0.3) is 0 Å². The summed E-state index contributed by atoms with van der Waals surface area (Å²) in [6, 6.07) is 2.43. The Bertz CT molecular complexity index is 517. The molecule has 1 atom stereocenters. The summed E-state index contributed by atoms with van der Waals surface area (Å²) < 4.78 is 64.9. The molecule has 0 bridgehead atoms. The van der Waals surface area contributed by atoms with Crippen LogP contribution in [0.4, 0.5) is 17.6 Å². The SMILES string of the molecule is CC(C)(C)[S@](=O)N=Cc1ccc(C(F)(F)F)c(F)c1. The van der Waals surface area contributed by atoms with E-state index in [1.165, 1.54) is 0 Å². The van der Waals surface area contributed by atoms with E-state index in [1.807, 2.05) is 0 Å². The quantitative estimate of drug-likeness (QED) is 0.604. The Labute approximate surface area is 111 Å². The summed E-state index contributed by atoms with van der Waals surface area (Å²) in [4.78, 5) is 0. The number of hydrogen-bond donors (Lipinski definition) is 0. The van der Waals surface area contributed by atoms with Crippen LogP contribution in [0.2, 0.25) is 0 Å². The van der Waals surface area contributed by atoms with Crippen molar-refractivity contribution in [2.45, 2.75) is 31.7 Å². The topological polar surface area (TPSA) is 29.4 Å². The van der Waals surface area contributed by atoms with E-state index >= 15 is 0 Å². The molecular weight excluding hydrogens is 282 g/mol. The minimum atomic E-state index is -4.73. The number of nitrogens with zero attached hydrogens (tertiary/aromatic N) is 1. The predicted octanol–water partition coefficient (Wildman–Crippen LogP) is 3.73. The van der Waals surface area contributed by atoms with Crippen LogP contribution < -0.4 is 0 Å². The molecule has 0 aliphatic carbocycles. The highest BCUT2D eigenvalue weighted by atomic mass is 32.2. The first kappa shape index (κ1) is 15.8. The molecule has 1 aromatic carbocycles. The summed E-state index contributed by atoms with van der Waals surface area (Å²) in [5, 5.41) is 0. The van der Waals surface area contributed by atoms with Crippen LogP contribution in [0.15, 0.2) is 22.6 Å². The van der Waals surface area contributed by atoms with Crippen LogP contribution >= 0.6 is 0 Å². The van der Waals surface area contributed by atoms with E-state index in [2.05, 4.69) is 4.40 Å². The van der Waals surface area contributed by atoms with Crippen LogP contribution in [-0.4, -0.2) is 15.2 Å². The summed E-state index contributed by atoms with van der Waals surface area (Å²) in [6.07, 6.45) is -3.63. The van der Waals surface area contributed by atoms with Gasteiger partial charge >= 0.3 is 6.18 Å². The van der Waals surface area contributed by atoms with Crippen molar-refractivity contribution in [3.8, 4) is 0 Å². The largest absolute Gasteiger partial charge is 0.419 e. The van der Waals surface area contributed by atoms with Crippen molar-refractivity contribution in [2.75, 3.05) is 0 Å². The zero-order chi connectivity index (χ0) is 14.8. The molecule has 7 heteroatoms. The third-order valence-corrected chi connectivity index (χ3v) is 3.46. The molecule has 106 valence electrons. The van der Waals surface area contributed by atoms with Crippen molar-refractivity contribution in [2.24, 2.45) is 4.40 Å². The zero-order valence-electron chi connectivity index (χ0n) is 10.6. The lowest BCUT2D eigenvalue weighted by Crippen LogP contribution is -2.19. The molecule has 0 amide bonds. The minimum absolute atomic E-state index is 0.128. The summed E-state index contributed by atoms with van der Waals surface area (Å²) in [6.45, 7) is 5.11. The fraction of sp³-hybridized carbons (Fsp3) is 0.417. The lowest BCUT2D eigenvalue weighted by molar-refractivity contribution is -0.140. The van der Waals surface area contributed by atoms with Gasteiger partial charge in [-0.05, 0) is 38.5 Å². The lowest BCUT2D eigenvalue weighted by atomic mass is 10.1. The third-order valence-electron chi connectivity index (χ3n) is 2.12. The molecule has 0 radical (unpaired) electrons. The van der Waals surface area contributed by atoms with E-state index in [-0.39, 0.29) is 5.56 Å². The average molecular weight is 295 g/mol. The molecule has 0 spiro atoms. The van der Waals surface area contributed by atoms with Gasteiger partial charge in [-0.25, -0.2) is 8.60 Å². The number of alkyl halides is 3. The molecule has 0 fully saturated rings. The molecule has 1 aromatic rings. The molecule has 0 aliphatic heterocycles. The number of halogens is 4. The van der Waals surface area contributed by atoms with Crippen LogP contribution in [0.5, 0.6) is 0 Å². The van der Waals surface area contributed by atoms with Gasteiger partial charge in [0, 0.05) is 6.21 Å². The highest BCUT2D eigenvalue weighted by molar-refractivity contribution is 7.85. The monoisotopic (exact) mass is 295 g/mol. The Morgan fingerprint density at radius 3 is 2.21 bits per heavy atom. The molecule has 2 nitrogen and oxygen atoms in total. The fourth-order valence-corrected chi connectivity index (χ4v) is 1.64. The number of benzene rings is 1. The van der Waals surface area contributed by atoms with Crippen molar-refractivity contribution in [3.63, 3.8) is 0 Å². The highest BCUT2D eigenvalue weighted by Gasteiger charge is 2.33. The third kappa shape index (κ3) is 4.41. The van der Waals surface area contributed by atoms with E-state index < -0.39 is 33.3 Å². The standard InChI is InChI=1S/C12H13F4NOS/c1-11(2,3)19(18)17-7-8-4-5-9(10(13)6-8)12(14,15)16/h4-7H,1-3H3/t19-/m0/s1. The van der Waals surface area contributed by atoms with Gasteiger partial charge in [-0.15, -0.1) is 0 Å². The predicted molar refractivity (Wildman–Crippen MR) is 66.9 cm³/mol. The van der Waals surface area contributed by atoms with Crippen LogP contribution in [0.3, 0.4) is 0 Å². The van der Waals surface area contributed by atoms with Gasteiger partial charge in [0.1, 0.15) is 16.8 Å². The van der Waals surface area contributed by atoms with Crippen molar-refractivity contribution in [3.05, 3.63) is 35.1 Å². The molecule has 1 rings (SSSR count). The van der Waals surface area contributed by atoms with Crippen molar-refractivity contribution < 1.29 is 21.8 Å². The molecule has 0 aliphatic rings. The molecule has 0 unspecified atom stereocenters. The highest BCUT2D eigenvalue weighted by Crippen LogP contribution is 2.31. The second kappa shape index (κ2) is 5.40. The Morgan fingerprint density at radius 1 is 1.21 bits per heavy atom. The Morgan fingerprint density at radius 2 is 1.79 bits per heavy atom. The second-order valence-electron chi connectivity index (χ2n) is 4.83. The molecule has 0 saturated heterocycles. The summed E-state index contributed by atoms with van der Waals surface area (Å²) in [7, 11) is -1.54.